The monoisotopic (exact) mass is 256 g/mol. The van der Waals surface area contributed by atoms with Crippen LogP contribution < -0.4 is 11.1 Å². The molecule has 1 aliphatic rings. The minimum Gasteiger partial charge on any atom is -0.467 e. The van der Waals surface area contributed by atoms with Crippen molar-refractivity contribution in [2.75, 3.05) is 13.7 Å². The molecule has 104 valence electrons. The highest BCUT2D eigenvalue weighted by atomic mass is 16.5. The van der Waals surface area contributed by atoms with Gasteiger partial charge in [-0.1, -0.05) is 20.3 Å². The highest BCUT2D eigenvalue weighted by Crippen LogP contribution is 2.40. The second-order valence-corrected chi connectivity index (χ2v) is 5.52. The first-order valence-electron chi connectivity index (χ1n) is 6.54. The number of hydrogen-bond donors (Lipinski definition) is 2. The highest BCUT2D eigenvalue weighted by Gasteiger charge is 2.44. The lowest BCUT2D eigenvalue weighted by Crippen LogP contribution is -2.54. The Kier molecular flexibility index (Phi) is 5.14. The molecule has 0 heterocycles. The van der Waals surface area contributed by atoms with Gasteiger partial charge in [0.25, 0.3) is 0 Å². The van der Waals surface area contributed by atoms with Gasteiger partial charge in [0.2, 0.25) is 5.91 Å². The van der Waals surface area contributed by atoms with E-state index < -0.39 is 11.5 Å². The molecule has 1 amide bonds. The van der Waals surface area contributed by atoms with E-state index in [4.69, 9.17) is 10.5 Å². The molecule has 1 saturated carbocycles. The Labute approximate surface area is 108 Å². The molecule has 5 heteroatoms. The molecule has 0 aromatic heterocycles. The third kappa shape index (κ3) is 3.22. The van der Waals surface area contributed by atoms with Crippen LogP contribution in [0.2, 0.25) is 0 Å². The number of rotatable bonds is 6. The molecular formula is C13H24N2O3. The van der Waals surface area contributed by atoms with Gasteiger partial charge in [0.05, 0.1) is 12.5 Å². The number of esters is 1. The predicted molar refractivity (Wildman–Crippen MR) is 68.7 cm³/mol. The summed E-state index contributed by atoms with van der Waals surface area (Å²) in [6.07, 6.45) is 3.23. The molecule has 5 nitrogen and oxygen atoms in total. The van der Waals surface area contributed by atoms with Gasteiger partial charge < -0.3 is 15.8 Å². The molecule has 0 spiro atoms. The number of nitrogens with two attached hydrogens (primary N) is 1. The van der Waals surface area contributed by atoms with Crippen LogP contribution in [0.15, 0.2) is 0 Å². The fourth-order valence-corrected chi connectivity index (χ4v) is 2.27. The second kappa shape index (κ2) is 6.18. The van der Waals surface area contributed by atoms with Crippen LogP contribution in [-0.2, 0) is 14.3 Å². The zero-order chi connectivity index (χ0) is 13.8. The van der Waals surface area contributed by atoms with Gasteiger partial charge in [-0.2, -0.15) is 0 Å². The van der Waals surface area contributed by atoms with Gasteiger partial charge in [0, 0.05) is 6.54 Å². The average Bonchev–Trinajstić information content (AvgIpc) is 2.25. The lowest BCUT2D eigenvalue weighted by atomic mass is 9.68. The third-order valence-electron chi connectivity index (χ3n) is 3.68. The average molecular weight is 256 g/mol. The Hall–Kier alpha value is -1.10. The molecule has 1 atom stereocenters. The van der Waals surface area contributed by atoms with Gasteiger partial charge in [-0.3, -0.25) is 4.79 Å². The molecule has 0 aromatic carbocycles. The summed E-state index contributed by atoms with van der Waals surface area (Å²) in [6.45, 7) is 4.35. The summed E-state index contributed by atoms with van der Waals surface area (Å²) >= 11 is 0. The Morgan fingerprint density at radius 3 is 2.33 bits per heavy atom. The van der Waals surface area contributed by atoms with Gasteiger partial charge >= 0.3 is 5.97 Å². The summed E-state index contributed by atoms with van der Waals surface area (Å²) in [5.74, 6) is -0.180. The van der Waals surface area contributed by atoms with Crippen LogP contribution in [0, 0.1) is 11.3 Å². The number of carbonyl (C=O) groups excluding carboxylic acids is 2. The number of carbonyl (C=O) groups is 2. The summed E-state index contributed by atoms with van der Waals surface area (Å²) in [6, 6.07) is -0.563. The molecule has 3 N–H and O–H groups in total. The smallest absolute Gasteiger partial charge is 0.328 e. The molecular weight excluding hydrogens is 232 g/mol. The Bertz CT molecular complexity index is 306. The second-order valence-electron chi connectivity index (χ2n) is 5.52. The fourth-order valence-electron chi connectivity index (χ4n) is 2.27. The summed E-state index contributed by atoms with van der Waals surface area (Å²) < 4.78 is 4.73. The predicted octanol–water partition coefficient (Wildman–Crippen LogP) is 0.819. The van der Waals surface area contributed by atoms with E-state index in [2.05, 4.69) is 5.32 Å². The van der Waals surface area contributed by atoms with Crippen molar-refractivity contribution in [2.24, 2.45) is 17.1 Å². The maximum Gasteiger partial charge on any atom is 0.328 e. The zero-order valence-corrected chi connectivity index (χ0v) is 11.5. The van der Waals surface area contributed by atoms with Gasteiger partial charge in [0.1, 0.15) is 6.04 Å². The van der Waals surface area contributed by atoms with E-state index in [0.717, 1.165) is 19.3 Å². The first-order chi connectivity index (χ1) is 8.45. The van der Waals surface area contributed by atoms with E-state index in [0.29, 0.717) is 18.9 Å². The summed E-state index contributed by atoms with van der Waals surface area (Å²) in [7, 11) is 1.34. The standard InChI is InChI=1S/C13H24N2O3/c1-9(2)7-10(11(16)18-3)15-12(17)13(8-14)5-4-6-13/h9-10H,4-8,14H2,1-3H3,(H,15,17)/t10-/m0/s1. The van der Waals surface area contributed by atoms with Crippen molar-refractivity contribution in [3.8, 4) is 0 Å². The Morgan fingerprint density at radius 2 is 2.00 bits per heavy atom. The lowest BCUT2D eigenvalue weighted by Gasteiger charge is -2.40. The third-order valence-corrected chi connectivity index (χ3v) is 3.68. The van der Waals surface area contributed by atoms with Crippen LogP contribution in [0.3, 0.4) is 0 Å². The van der Waals surface area contributed by atoms with Crippen molar-refractivity contribution in [3.63, 3.8) is 0 Å². The van der Waals surface area contributed by atoms with Gasteiger partial charge in [0.15, 0.2) is 0 Å². The number of methoxy groups -OCH3 is 1. The largest absolute Gasteiger partial charge is 0.467 e. The number of ether oxygens (including phenoxy) is 1. The summed E-state index contributed by atoms with van der Waals surface area (Å²) in [4.78, 5) is 23.8. The van der Waals surface area contributed by atoms with E-state index >= 15 is 0 Å². The van der Waals surface area contributed by atoms with Crippen molar-refractivity contribution in [3.05, 3.63) is 0 Å². The van der Waals surface area contributed by atoms with Crippen molar-refractivity contribution in [1.82, 2.24) is 5.32 Å². The number of amides is 1. The molecule has 0 aromatic rings. The molecule has 0 bridgehead atoms. The van der Waals surface area contributed by atoms with Gasteiger partial charge in [-0.15, -0.1) is 0 Å². The number of nitrogens with one attached hydrogen (secondary N) is 1. The molecule has 18 heavy (non-hydrogen) atoms. The lowest BCUT2D eigenvalue weighted by molar-refractivity contribution is -0.148. The molecule has 0 radical (unpaired) electrons. The van der Waals surface area contributed by atoms with Crippen LogP contribution in [-0.4, -0.2) is 31.6 Å². The Balaban J connectivity index is 2.65. The van der Waals surface area contributed by atoms with E-state index in [1.165, 1.54) is 7.11 Å². The molecule has 1 fully saturated rings. The maximum absolute atomic E-state index is 12.2. The zero-order valence-electron chi connectivity index (χ0n) is 11.5. The van der Waals surface area contributed by atoms with E-state index in [1.54, 1.807) is 0 Å². The van der Waals surface area contributed by atoms with Crippen LogP contribution in [0.1, 0.15) is 39.5 Å². The molecule has 1 rings (SSSR count). The molecule has 0 saturated heterocycles. The van der Waals surface area contributed by atoms with Gasteiger partial charge in [-0.05, 0) is 25.2 Å². The van der Waals surface area contributed by atoms with Crippen LogP contribution in [0.5, 0.6) is 0 Å². The maximum atomic E-state index is 12.2. The van der Waals surface area contributed by atoms with Crippen molar-refractivity contribution < 1.29 is 14.3 Å². The minimum absolute atomic E-state index is 0.104. The van der Waals surface area contributed by atoms with Crippen LogP contribution >= 0.6 is 0 Å². The number of hydrogen-bond acceptors (Lipinski definition) is 4. The highest BCUT2D eigenvalue weighted by molar-refractivity contribution is 5.88. The summed E-state index contributed by atoms with van der Waals surface area (Å²) in [5, 5.41) is 2.80. The van der Waals surface area contributed by atoms with Gasteiger partial charge in [-0.25, -0.2) is 4.79 Å². The van der Waals surface area contributed by atoms with Crippen molar-refractivity contribution >= 4 is 11.9 Å². The van der Waals surface area contributed by atoms with Crippen LogP contribution in [0.25, 0.3) is 0 Å². The van der Waals surface area contributed by atoms with E-state index in [1.807, 2.05) is 13.8 Å². The topological polar surface area (TPSA) is 81.4 Å². The minimum atomic E-state index is -0.563. The fraction of sp³-hybridized carbons (Fsp3) is 0.846. The van der Waals surface area contributed by atoms with Crippen molar-refractivity contribution in [2.45, 2.75) is 45.6 Å². The summed E-state index contributed by atoms with van der Waals surface area (Å²) in [5.41, 5.74) is 5.22. The molecule has 0 unspecified atom stereocenters. The first kappa shape index (κ1) is 15.0. The molecule has 0 aliphatic heterocycles. The quantitative estimate of drug-likeness (QED) is 0.689. The normalized spacial score (nSPS) is 18.9. The van der Waals surface area contributed by atoms with Crippen LogP contribution in [0.4, 0.5) is 0 Å². The SMILES string of the molecule is COC(=O)[C@H](CC(C)C)NC(=O)C1(CN)CCC1. The van der Waals surface area contributed by atoms with E-state index in [-0.39, 0.29) is 11.9 Å². The van der Waals surface area contributed by atoms with E-state index in [9.17, 15) is 9.59 Å². The van der Waals surface area contributed by atoms with Crippen molar-refractivity contribution in [1.29, 1.82) is 0 Å². The Morgan fingerprint density at radius 1 is 1.39 bits per heavy atom. The first-order valence-corrected chi connectivity index (χ1v) is 6.54. The molecule has 1 aliphatic carbocycles.